The minimum Gasteiger partial charge on any atom is -0.386 e. The van der Waals surface area contributed by atoms with Crippen molar-refractivity contribution in [1.82, 2.24) is 0 Å². The monoisotopic (exact) mass is 207 g/mol. The van der Waals surface area contributed by atoms with Crippen molar-refractivity contribution in [3.63, 3.8) is 0 Å². The molecule has 0 aromatic heterocycles. The Morgan fingerprint density at radius 3 is 2.47 bits per heavy atom. The first-order valence-corrected chi connectivity index (χ1v) is 5.56. The molecule has 0 aliphatic rings. The molecule has 0 spiro atoms. The van der Waals surface area contributed by atoms with E-state index >= 15 is 0 Å². The van der Waals surface area contributed by atoms with Gasteiger partial charge in [-0.3, -0.25) is 0 Å². The van der Waals surface area contributed by atoms with Gasteiger partial charge in [0.15, 0.2) is 0 Å². The van der Waals surface area contributed by atoms with E-state index in [9.17, 15) is 5.11 Å². The summed E-state index contributed by atoms with van der Waals surface area (Å²) >= 11 is 0. The molecule has 3 N–H and O–H groups in total. The van der Waals surface area contributed by atoms with Gasteiger partial charge in [0.2, 0.25) is 0 Å². The molecule has 0 unspecified atom stereocenters. The van der Waals surface area contributed by atoms with Gasteiger partial charge in [0.05, 0.1) is 5.60 Å². The summed E-state index contributed by atoms with van der Waals surface area (Å²) in [6, 6.07) is 8.08. The average molecular weight is 207 g/mol. The van der Waals surface area contributed by atoms with Crippen molar-refractivity contribution in [2.24, 2.45) is 5.73 Å². The van der Waals surface area contributed by atoms with Gasteiger partial charge in [-0.15, -0.1) is 0 Å². The second-order valence-electron chi connectivity index (χ2n) is 4.46. The summed E-state index contributed by atoms with van der Waals surface area (Å²) in [5.74, 6) is 0. The standard InChI is InChI=1S/C13H21NO/c1-13(2,15)12-9-4-3-7-11(12)8-5-6-10-14/h3-4,7,9,15H,5-6,8,10,14H2,1-2H3. The zero-order valence-corrected chi connectivity index (χ0v) is 9.66. The molecule has 84 valence electrons. The molecule has 0 atom stereocenters. The molecule has 2 heteroatoms. The van der Waals surface area contributed by atoms with E-state index in [0.717, 1.165) is 31.4 Å². The molecule has 0 amide bonds. The first-order valence-electron chi connectivity index (χ1n) is 5.56. The Morgan fingerprint density at radius 1 is 1.20 bits per heavy atom. The lowest BCUT2D eigenvalue weighted by atomic mass is 9.91. The molecule has 0 radical (unpaired) electrons. The maximum absolute atomic E-state index is 10.0. The number of rotatable bonds is 5. The van der Waals surface area contributed by atoms with Crippen LogP contribution in [0.15, 0.2) is 24.3 Å². The Bertz CT molecular complexity index is 302. The van der Waals surface area contributed by atoms with Crippen LogP contribution in [-0.2, 0) is 12.0 Å². The van der Waals surface area contributed by atoms with Crippen molar-refractivity contribution < 1.29 is 5.11 Å². The van der Waals surface area contributed by atoms with Crippen LogP contribution in [0.2, 0.25) is 0 Å². The number of unbranched alkanes of at least 4 members (excludes halogenated alkanes) is 1. The molecule has 1 rings (SSSR count). The fourth-order valence-electron chi connectivity index (χ4n) is 1.79. The largest absolute Gasteiger partial charge is 0.386 e. The molecule has 1 aromatic carbocycles. The summed E-state index contributed by atoms with van der Waals surface area (Å²) in [7, 11) is 0. The number of nitrogens with two attached hydrogens (primary N) is 1. The average Bonchev–Trinajstić information content (AvgIpc) is 2.17. The molecule has 0 aliphatic heterocycles. The van der Waals surface area contributed by atoms with Gasteiger partial charge in [-0.05, 0) is 50.8 Å². The van der Waals surface area contributed by atoms with Gasteiger partial charge in [0.25, 0.3) is 0 Å². The summed E-state index contributed by atoms with van der Waals surface area (Å²) in [4.78, 5) is 0. The number of hydrogen-bond donors (Lipinski definition) is 2. The number of aliphatic hydroxyl groups is 1. The van der Waals surface area contributed by atoms with E-state index in [4.69, 9.17) is 5.73 Å². The molecule has 2 nitrogen and oxygen atoms in total. The minimum atomic E-state index is -0.751. The smallest absolute Gasteiger partial charge is 0.0843 e. The minimum absolute atomic E-state index is 0.741. The highest BCUT2D eigenvalue weighted by atomic mass is 16.3. The first-order chi connectivity index (χ1) is 7.05. The van der Waals surface area contributed by atoms with Gasteiger partial charge >= 0.3 is 0 Å². The lowest BCUT2D eigenvalue weighted by Crippen LogP contribution is -2.18. The molecule has 0 bridgehead atoms. The Kier molecular flexibility index (Phi) is 4.30. The van der Waals surface area contributed by atoms with Gasteiger partial charge in [-0.2, -0.15) is 0 Å². The Morgan fingerprint density at radius 2 is 1.87 bits per heavy atom. The second-order valence-corrected chi connectivity index (χ2v) is 4.46. The number of aryl methyl sites for hydroxylation is 1. The van der Waals surface area contributed by atoms with E-state index < -0.39 is 5.60 Å². The van der Waals surface area contributed by atoms with Gasteiger partial charge in [-0.25, -0.2) is 0 Å². The predicted octanol–water partition coefficient (Wildman–Crippen LogP) is 2.20. The van der Waals surface area contributed by atoms with Crippen molar-refractivity contribution in [3.05, 3.63) is 35.4 Å². The van der Waals surface area contributed by atoms with E-state index in [1.165, 1.54) is 5.56 Å². The Balaban J connectivity index is 2.78. The predicted molar refractivity (Wildman–Crippen MR) is 63.7 cm³/mol. The highest BCUT2D eigenvalue weighted by Crippen LogP contribution is 2.24. The topological polar surface area (TPSA) is 46.2 Å². The molecule has 0 heterocycles. The summed E-state index contributed by atoms with van der Waals surface area (Å²) in [5.41, 5.74) is 6.98. The van der Waals surface area contributed by atoms with E-state index in [0.29, 0.717) is 0 Å². The highest BCUT2D eigenvalue weighted by Gasteiger charge is 2.18. The fourth-order valence-corrected chi connectivity index (χ4v) is 1.79. The lowest BCUT2D eigenvalue weighted by molar-refractivity contribution is 0.0776. The van der Waals surface area contributed by atoms with Gasteiger partial charge in [-0.1, -0.05) is 24.3 Å². The summed E-state index contributed by atoms with van der Waals surface area (Å²) in [6.07, 6.45) is 3.13. The molecule has 0 saturated heterocycles. The quantitative estimate of drug-likeness (QED) is 0.727. The van der Waals surface area contributed by atoms with Crippen molar-refractivity contribution >= 4 is 0 Å². The lowest BCUT2D eigenvalue weighted by Gasteiger charge is -2.21. The van der Waals surface area contributed by atoms with E-state index in [-0.39, 0.29) is 0 Å². The molecule has 0 saturated carbocycles. The van der Waals surface area contributed by atoms with Crippen molar-refractivity contribution in [2.75, 3.05) is 6.54 Å². The van der Waals surface area contributed by atoms with Crippen LogP contribution in [0.3, 0.4) is 0 Å². The third-order valence-electron chi connectivity index (χ3n) is 2.58. The molecular weight excluding hydrogens is 186 g/mol. The zero-order valence-electron chi connectivity index (χ0n) is 9.66. The Hall–Kier alpha value is -0.860. The third-order valence-corrected chi connectivity index (χ3v) is 2.58. The third kappa shape index (κ3) is 3.65. The fraction of sp³-hybridized carbons (Fsp3) is 0.538. The molecule has 0 aliphatic carbocycles. The van der Waals surface area contributed by atoms with Crippen LogP contribution in [0.5, 0.6) is 0 Å². The number of benzene rings is 1. The number of hydrogen-bond acceptors (Lipinski definition) is 2. The van der Waals surface area contributed by atoms with Crippen LogP contribution in [0.4, 0.5) is 0 Å². The molecule has 1 aromatic rings. The molecule has 0 fully saturated rings. The first kappa shape index (κ1) is 12.2. The SMILES string of the molecule is CC(C)(O)c1ccccc1CCCCN. The van der Waals surface area contributed by atoms with Crippen LogP contribution >= 0.6 is 0 Å². The van der Waals surface area contributed by atoms with Crippen molar-refractivity contribution in [2.45, 2.75) is 38.7 Å². The molecular formula is C13H21NO. The molecule has 15 heavy (non-hydrogen) atoms. The normalized spacial score (nSPS) is 11.7. The summed E-state index contributed by atoms with van der Waals surface area (Å²) < 4.78 is 0. The second kappa shape index (κ2) is 5.29. The van der Waals surface area contributed by atoms with Crippen LogP contribution < -0.4 is 5.73 Å². The van der Waals surface area contributed by atoms with Gasteiger partial charge in [0, 0.05) is 0 Å². The Labute approximate surface area is 92.1 Å². The van der Waals surface area contributed by atoms with Crippen molar-refractivity contribution in [3.8, 4) is 0 Å². The van der Waals surface area contributed by atoms with E-state index in [1.54, 1.807) is 0 Å². The maximum Gasteiger partial charge on any atom is 0.0843 e. The van der Waals surface area contributed by atoms with Crippen LogP contribution in [0.1, 0.15) is 37.8 Å². The van der Waals surface area contributed by atoms with Crippen LogP contribution in [-0.4, -0.2) is 11.7 Å². The summed E-state index contributed by atoms with van der Waals surface area (Å²) in [6.45, 7) is 4.40. The van der Waals surface area contributed by atoms with Crippen molar-refractivity contribution in [1.29, 1.82) is 0 Å². The zero-order chi connectivity index (χ0) is 11.3. The summed E-state index contributed by atoms with van der Waals surface area (Å²) in [5, 5.41) is 10.0. The van der Waals surface area contributed by atoms with Crippen LogP contribution in [0.25, 0.3) is 0 Å². The van der Waals surface area contributed by atoms with Gasteiger partial charge in [0.1, 0.15) is 0 Å². The van der Waals surface area contributed by atoms with Gasteiger partial charge < -0.3 is 10.8 Å². The van der Waals surface area contributed by atoms with Crippen LogP contribution in [0, 0.1) is 0 Å². The highest BCUT2D eigenvalue weighted by molar-refractivity contribution is 5.31. The van der Waals surface area contributed by atoms with E-state index in [2.05, 4.69) is 6.07 Å². The van der Waals surface area contributed by atoms with E-state index in [1.807, 2.05) is 32.0 Å². The maximum atomic E-state index is 10.0.